The summed E-state index contributed by atoms with van der Waals surface area (Å²) >= 11 is 0. The van der Waals surface area contributed by atoms with Crippen LogP contribution in [0.5, 0.6) is 0 Å². The highest BCUT2D eigenvalue weighted by Crippen LogP contribution is 2.23. The third kappa shape index (κ3) is 8.38. The van der Waals surface area contributed by atoms with Crippen molar-refractivity contribution in [3.8, 4) is 0 Å². The molecule has 1 fully saturated rings. The molecule has 25 heavy (non-hydrogen) atoms. The Morgan fingerprint density at radius 2 is 2.04 bits per heavy atom. The predicted octanol–water partition coefficient (Wildman–Crippen LogP) is 3.27. The van der Waals surface area contributed by atoms with E-state index in [0.29, 0.717) is 26.3 Å². The summed E-state index contributed by atoms with van der Waals surface area (Å²) in [5, 5.41) is 2.82. The van der Waals surface area contributed by atoms with Crippen molar-refractivity contribution < 1.29 is 19.1 Å². The van der Waals surface area contributed by atoms with Crippen molar-refractivity contribution >= 4 is 12.0 Å². The predicted molar refractivity (Wildman–Crippen MR) is 98.5 cm³/mol. The number of nitrogens with one attached hydrogen (secondary N) is 1. The van der Waals surface area contributed by atoms with E-state index in [9.17, 15) is 9.59 Å². The summed E-state index contributed by atoms with van der Waals surface area (Å²) in [4.78, 5) is 25.3. The molecule has 6 nitrogen and oxygen atoms in total. The lowest BCUT2D eigenvalue weighted by molar-refractivity contribution is -0.118. The quantitative estimate of drug-likeness (QED) is 0.563. The van der Waals surface area contributed by atoms with E-state index in [4.69, 9.17) is 9.47 Å². The highest BCUT2D eigenvalue weighted by atomic mass is 16.6. The summed E-state index contributed by atoms with van der Waals surface area (Å²) in [6.45, 7) is 11.5. The second-order valence-electron chi connectivity index (χ2n) is 7.39. The van der Waals surface area contributed by atoms with E-state index in [0.717, 1.165) is 25.7 Å². The molecule has 6 heteroatoms. The smallest absolute Gasteiger partial charge is 0.410 e. The maximum Gasteiger partial charge on any atom is 0.410 e. The van der Waals surface area contributed by atoms with Gasteiger partial charge in [0.25, 0.3) is 0 Å². The molecule has 2 amide bonds. The fourth-order valence-electron chi connectivity index (χ4n) is 2.84. The minimum atomic E-state index is -0.507. The van der Waals surface area contributed by atoms with Gasteiger partial charge in [0.1, 0.15) is 5.60 Å². The maximum atomic E-state index is 12.6. The Balaban J connectivity index is 2.69. The Labute approximate surface area is 151 Å². The number of hydrogen-bond donors (Lipinski definition) is 1. The topological polar surface area (TPSA) is 67.9 Å². The number of carbonyl (C=O) groups excluding carboxylic acids is 2. The van der Waals surface area contributed by atoms with E-state index in [2.05, 4.69) is 18.3 Å². The van der Waals surface area contributed by atoms with E-state index >= 15 is 0 Å². The number of unbranched alkanes of at least 4 members (excludes halogenated alkanes) is 1. The van der Waals surface area contributed by atoms with Gasteiger partial charge in [-0.25, -0.2) is 4.79 Å². The highest BCUT2D eigenvalue weighted by molar-refractivity contribution is 5.72. The van der Waals surface area contributed by atoms with Gasteiger partial charge >= 0.3 is 6.09 Å². The summed E-state index contributed by atoms with van der Waals surface area (Å²) in [7, 11) is 0. The standard InChI is InChI=1S/C19H34N2O4/c1-6-9-16(10-7-8-11-20-15(2)22)17-14-24-13-12-21(17)18(23)25-19(3,4)5/h9,17H,6-8,10-14H2,1-5H3,(H,20,22)/b16-9+/t17-/m0/s1. The zero-order valence-electron chi connectivity index (χ0n) is 16.4. The Hall–Kier alpha value is -1.56. The van der Waals surface area contributed by atoms with Crippen LogP contribution in [-0.2, 0) is 14.3 Å². The number of hydrogen-bond acceptors (Lipinski definition) is 4. The fourth-order valence-corrected chi connectivity index (χ4v) is 2.84. The van der Waals surface area contributed by atoms with Gasteiger partial charge in [0.05, 0.1) is 19.3 Å². The molecule has 1 heterocycles. The number of morpholine rings is 1. The number of carbonyl (C=O) groups is 2. The summed E-state index contributed by atoms with van der Waals surface area (Å²) in [6.07, 6.45) is 5.60. The summed E-state index contributed by atoms with van der Waals surface area (Å²) in [6, 6.07) is -0.0654. The SMILES string of the molecule is CC/C=C(\CCCCNC(C)=O)[C@@H]1COCCN1C(=O)OC(C)(C)C. The van der Waals surface area contributed by atoms with Gasteiger partial charge < -0.3 is 14.8 Å². The first-order valence-electron chi connectivity index (χ1n) is 9.25. The second kappa shape index (κ2) is 10.4. The molecule has 0 aliphatic carbocycles. The van der Waals surface area contributed by atoms with Crippen molar-refractivity contribution in [2.24, 2.45) is 0 Å². The van der Waals surface area contributed by atoms with Gasteiger partial charge in [-0.05, 0) is 52.0 Å². The lowest BCUT2D eigenvalue weighted by Gasteiger charge is -2.38. The van der Waals surface area contributed by atoms with Gasteiger partial charge in [0.15, 0.2) is 0 Å². The molecule has 1 saturated heterocycles. The number of rotatable bonds is 7. The molecule has 0 unspecified atom stereocenters. The number of amides is 2. The summed E-state index contributed by atoms with van der Waals surface area (Å²) < 4.78 is 11.2. The Kier molecular flexibility index (Phi) is 8.97. The van der Waals surface area contributed by atoms with Crippen LogP contribution in [0.1, 0.15) is 60.3 Å². The van der Waals surface area contributed by atoms with Gasteiger partial charge in [-0.15, -0.1) is 0 Å². The average molecular weight is 354 g/mol. The Bertz CT molecular complexity index is 469. The van der Waals surface area contributed by atoms with Crippen LogP contribution in [0.25, 0.3) is 0 Å². The zero-order chi connectivity index (χ0) is 18.9. The van der Waals surface area contributed by atoms with Crippen LogP contribution in [0.2, 0.25) is 0 Å². The van der Waals surface area contributed by atoms with Crippen LogP contribution < -0.4 is 5.32 Å². The van der Waals surface area contributed by atoms with Gasteiger partial charge in [-0.2, -0.15) is 0 Å². The molecule has 1 rings (SSSR count). The summed E-state index contributed by atoms with van der Waals surface area (Å²) in [5.74, 6) is 0.00102. The second-order valence-corrected chi connectivity index (χ2v) is 7.39. The van der Waals surface area contributed by atoms with Crippen LogP contribution in [-0.4, -0.2) is 54.8 Å². The molecule has 1 aliphatic heterocycles. The molecule has 0 saturated carbocycles. The van der Waals surface area contributed by atoms with Crippen LogP contribution in [0.4, 0.5) is 4.79 Å². The molecule has 0 aromatic heterocycles. The Morgan fingerprint density at radius 1 is 1.32 bits per heavy atom. The van der Waals surface area contributed by atoms with Gasteiger partial charge in [-0.1, -0.05) is 13.0 Å². The molecule has 1 aliphatic rings. The third-order valence-electron chi connectivity index (χ3n) is 3.92. The Morgan fingerprint density at radius 3 is 2.64 bits per heavy atom. The number of ether oxygens (including phenoxy) is 2. The first kappa shape index (κ1) is 21.5. The van der Waals surface area contributed by atoms with Gasteiger partial charge in [-0.3, -0.25) is 9.69 Å². The van der Waals surface area contributed by atoms with Crippen molar-refractivity contribution in [1.82, 2.24) is 10.2 Å². The van der Waals surface area contributed by atoms with Gasteiger partial charge in [0, 0.05) is 20.0 Å². The van der Waals surface area contributed by atoms with Crippen molar-refractivity contribution in [1.29, 1.82) is 0 Å². The van der Waals surface area contributed by atoms with Crippen molar-refractivity contribution in [3.63, 3.8) is 0 Å². The van der Waals surface area contributed by atoms with E-state index in [1.807, 2.05) is 20.8 Å². The lowest BCUT2D eigenvalue weighted by Crippen LogP contribution is -2.51. The van der Waals surface area contributed by atoms with Crippen molar-refractivity contribution in [3.05, 3.63) is 11.6 Å². The van der Waals surface area contributed by atoms with Crippen LogP contribution in [0.3, 0.4) is 0 Å². The highest BCUT2D eigenvalue weighted by Gasteiger charge is 2.32. The first-order chi connectivity index (χ1) is 11.7. The molecule has 0 aromatic rings. The van der Waals surface area contributed by atoms with E-state index < -0.39 is 5.60 Å². The molecule has 0 aromatic carbocycles. The normalized spacial score (nSPS) is 18.8. The monoisotopic (exact) mass is 354 g/mol. The van der Waals surface area contributed by atoms with Crippen LogP contribution >= 0.6 is 0 Å². The molecule has 1 atom stereocenters. The third-order valence-corrected chi connectivity index (χ3v) is 3.92. The summed E-state index contributed by atoms with van der Waals surface area (Å²) in [5.41, 5.74) is 0.711. The minimum absolute atomic E-state index is 0.00102. The molecule has 0 spiro atoms. The van der Waals surface area contributed by atoms with Gasteiger partial charge in [0.2, 0.25) is 5.91 Å². The molecular weight excluding hydrogens is 320 g/mol. The largest absolute Gasteiger partial charge is 0.444 e. The maximum absolute atomic E-state index is 12.6. The molecule has 0 bridgehead atoms. The average Bonchev–Trinajstić information content (AvgIpc) is 2.51. The van der Waals surface area contributed by atoms with Crippen molar-refractivity contribution in [2.75, 3.05) is 26.3 Å². The molecule has 0 radical (unpaired) electrons. The van der Waals surface area contributed by atoms with Crippen LogP contribution in [0.15, 0.2) is 11.6 Å². The first-order valence-corrected chi connectivity index (χ1v) is 9.25. The molecular formula is C19H34N2O4. The number of nitrogens with zero attached hydrogens (tertiary/aromatic N) is 1. The van der Waals surface area contributed by atoms with E-state index in [-0.39, 0.29) is 18.0 Å². The van der Waals surface area contributed by atoms with Crippen LogP contribution in [0, 0.1) is 0 Å². The fraction of sp³-hybridized carbons (Fsp3) is 0.789. The van der Waals surface area contributed by atoms with E-state index in [1.165, 1.54) is 12.5 Å². The minimum Gasteiger partial charge on any atom is -0.444 e. The molecule has 144 valence electrons. The zero-order valence-corrected chi connectivity index (χ0v) is 16.4. The lowest BCUT2D eigenvalue weighted by atomic mass is 9.98. The van der Waals surface area contributed by atoms with Crippen molar-refractivity contribution in [2.45, 2.75) is 71.9 Å². The number of allylic oxidation sites excluding steroid dienone is 1. The molecule has 1 N–H and O–H groups in total. The van der Waals surface area contributed by atoms with E-state index in [1.54, 1.807) is 4.90 Å².